The summed E-state index contributed by atoms with van der Waals surface area (Å²) in [4.78, 5) is 0. The molecule has 2 atom stereocenters. The van der Waals surface area contributed by atoms with Crippen molar-refractivity contribution in [3.05, 3.63) is 35.4 Å². The number of hydrogen-bond donors (Lipinski definition) is 1. The Hall–Kier alpha value is -0.820. The number of rotatable bonds is 3. The van der Waals surface area contributed by atoms with Gasteiger partial charge >= 0.3 is 0 Å². The van der Waals surface area contributed by atoms with Crippen LogP contribution in [0.1, 0.15) is 64.5 Å². The van der Waals surface area contributed by atoms with Gasteiger partial charge in [0.25, 0.3) is 0 Å². The lowest BCUT2D eigenvalue weighted by atomic mass is 9.82. The zero-order chi connectivity index (χ0) is 14.1. The summed E-state index contributed by atoms with van der Waals surface area (Å²) in [5.41, 5.74) is 2.38. The minimum atomic E-state index is -0.460. The first-order valence-corrected chi connectivity index (χ1v) is 7.67. The van der Waals surface area contributed by atoms with Crippen LogP contribution in [0.4, 0.5) is 0 Å². The monoisotopic (exact) mass is 260 g/mol. The molecule has 0 amide bonds. The second-order valence-electron chi connectivity index (χ2n) is 7.22. The lowest BCUT2D eigenvalue weighted by Crippen LogP contribution is -2.35. The van der Waals surface area contributed by atoms with Gasteiger partial charge in [0.2, 0.25) is 0 Å². The van der Waals surface area contributed by atoms with Gasteiger partial charge in [0.1, 0.15) is 0 Å². The largest absolute Gasteiger partial charge is 0.389 e. The molecule has 1 aromatic carbocycles. The van der Waals surface area contributed by atoms with Gasteiger partial charge < -0.3 is 5.11 Å². The molecule has 0 aromatic heterocycles. The summed E-state index contributed by atoms with van der Waals surface area (Å²) in [5, 5.41) is 10.8. The second kappa shape index (κ2) is 5.28. The molecule has 1 heteroatoms. The maximum Gasteiger partial charge on any atom is 0.0715 e. The average molecular weight is 260 g/mol. The van der Waals surface area contributed by atoms with Gasteiger partial charge in [-0.05, 0) is 35.3 Å². The highest BCUT2D eigenvalue weighted by Gasteiger charge is 2.39. The molecule has 1 aliphatic carbocycles. The molecule has 1 aliphatic rings. The second-order valence-corrected chi connectivity index (χ2v) is 7.22. The Morgan fingerprint density at radius 1 is 1.21 bits per heavy atom. The number of aliphatic hydroxyl groups is 1. The van der Waals surface area contributed by atoms with Crippen molar-refractivity contribution in [3.8, 4) is 0 Å². The summed E-state index contributed by atoms with van der Waals surface area (Å²) in [6.45, 7) is 8.91. The molecule has 0 bridgehead atoms. The summed E-state index contributed by atoms with van der Waals surface area (Å²) < 4.78 is 0. The summed E-state index contributed by atoms with van der Waals surface area (Å²) in [7, 11) is 0. The van der Waals surface area contributed by atoms with Gasteiger partial charge in [-0.3, -0.25) is 0 Å². The average Bonchev–Trinajstić information content (AvgIpc) is 2.69. The number of hydrogen-bond acceptors (Lipinski definition) is 1. The molecule has 1 fully saturated rings. The van der Waals surface area contributed by atoms with Crippen molar-refractivity contribution in [1.29, 1.82) is 0 Å². The third kappa shape index (κ3) is 3.20. The van der Waals surface area contributed by atoms with Gasteiger partial charge in [0.15, 0.2) is 0 Å². The van der Waals surface area contributed by atoms with Crippen LogP contribution in [0.15, 0.2) is 24.3 Å². The molecule has 0 aliphatic heterocycles. The van der Waals surface area contributed by atoms with Gasteiger partial charge in [-0.15, -0.1) is 0 Å². The van der Waals surface area contributed by atoms with Crippen LogP contribution in [-0.2, 0) is 11.8 Å². The van der Waals surface area contributed by atoms with Crippen LogP contribution in [0.3, 0.4) is 0 Å². The SMILES string of the molecule is CCC1CCCC1(O)Cc1ccc(C(C)(C)C)cc1. The molecule has 1 saturated carbocycles. The van der Waals surface area contributed by atoms with Crippen LogP contribution >= 0.6 is 0 Å². The van der Waals surface area contributed by atoms with Crippen molar-refractivity contribution in [2.75, 3.05) is 0 Å². The quantitative estimate of drug-likeness (QED) is 0.850. The van der Waals surface area contributed by atoms with Crippen LogP contribution in [0.25, 0.3) is 0 Å². The van der Waals surface area contributed by atoms with Gasteiger partial charge in [-0.25, -0.2) is 0 Å². The van der Waals surface area contributed by atoms with E-state index in [1.54, 1.807) is 0 Å². The zero-order valence-electron chi connectivity index (χ0n) is 12.9. The van der Waals surface area contributed by atoms with Crippen molar-refractivity contribution < 1.29 is 5.11 Å². The van der Waals surface area contributed by atoms with Gasteiger partial charge in [0, 0.05) is 6.42 Å². The molecule has 1 nitrogen and oxygen atoms in total. The van der Waals surface area contributed by atoms with Crippen molar-refractivity contribution in [2.24, 2.45) is 5.92 Å². The topological polar surface area (TPSA) is 20.2 Å². The summed E-state index contributed by atoms with van der Waals surface area (Å²) in [5.74, 6) is 0.481. The van der Waals surface area contributed by atoms with Crippen LogP contribution in [0.5, 0.6) is 0 Å². The standard InChI is InChI=1S/C18H28O/c1-5-15-7-6-12-18(15,19)13-14-8-10-16(11-9-14)17(2,3)4/h8-11,15,19H,5-7,12-13H2,1-4H3. The molecule has 0 saturated heterocycles. The molecule has 0 spiro atoms. The maximum absolute atomic E-state index is 10.8. The van der Waals surface area contributed by atoms with Crippen LogP contribution in [0, 0.1) is 5.92 Å². The van der Waals surface area contributed by atoms with Crippen LogP contribution in [-0.4, -0.2) is 10.7 Å². The normalized spacial score (nSPS) is 27.7. The van der Waals surface area contributed by atoms with E-state index in [0.29, 0.717) is 5.92 Å². The molecule has 1 aromatic rings. The zero-order valence-corrected chi connectivity index (χ0v) is 12.9. The third-order valence-corrected chi connectivity index (χ3v) is 4.75. The number of benzene rings is 1. The highest BCUT2D eigenvalue weighted by atomic mass is 16.3. The molecule has 2 rings (SSSR count). The molecule has 2 unspecified atom stereocenters. The van der Waals surface area contributed by atoms with Crippen molar-refractivity contribution in [3.63, 3.8) is 0 Å². The fourth-order valence-corrected chi connectivity index (χ4v) is 3.42. The Morgan fingerprint density at radius 3 is 2.37 bits per heavy atom. The predicted octanol–water partition coefficient (Wildman–Crippen LogP) is 4.47. The van der Waals surface area contributed by atoms with Crippen LogP contribution < -0.4 is 0 Å². The highest BCUT2D eigenvalue weighted by molar-refractivity contribution is 5.28. The lowest BCUT2D eigenvalue weighted by Gasteiger charge is -2.30. The van der Waals surface area contributed by atoms with Gasteiger partial charge in [0.05, 0.1) is 5.60 Å². The van der Waals surface area contributed by atoms with E-state index in [4.69, 9.17) is 0 Å². The minimum Gasteiger partial charge on any atom is -0.389 e. The van der Waals surface area contributed by atoms with Gasteiger partial charge in [-0.2, -0.15) is 0 Å². The van der Waals surface area contributed by atoms with Crippen molar-refractivity contribution in [1.82, 2.24) is 0 Å². The Bertz CT molecular complexity index is 412. The van der Waals surface area contributed by atoms with E-state index in [1.807, 2.05) is 0 Å². The van der Waals surface area contributed by atoms with Crippen molar-refractivity contribution in [2.45, 2.75) is 70.8 Å². The maximum atomic E-state index is 10.8. The van der Waals surface area contributed by atoms with E-state index in [2.05, 4.69) is 52.0 Å². The predicted molar refractivity (Wildman–Crippen MR) is 81.4 cm³/mol. The molecule has 0 radical (unpaired) electrons. The molecule has 1 N–H and O–H groups in total. The van der Waals surface area contributed by atoms with Crippen LogP contribution in [0.2, 0.25) is 0 Å². The van der Waals surface area contributed by atoms with E-state index >= 15 is 0 Å². The van der Waals surface area contributed by atoms with E-state index in [1.165, 1.54) is 24.0 Å². The summed E-state index contributed by atoms with van der Waals surface area (Å²) in [6.07, 6.45) is 5.24. The Morgan fingerprint density at radius 2 is 1.84 bits per heavy atom. The third-order valence-electron chi connectivity index (χ3n) is 4.75. The van der Waals surface area contributed by atoms with Crippen molar-refractivity contribution >= 4 is 0 Å². The fraction of sp³-hybridized carbons (Fsp3) is 0.667. The van der Waals surface area contributed by atoms with E-state index in [9.17, 15) is 5.11 Å². The molecule has 106 valence electrons. The Labute approximate surface area is 118 Å². The fourth-order valence-electron chi connectivity index (χ4n) is 3.42. The first kappa shape index (κ1) is 14.6. The first-order valence-electron chi connectivity index (χ1n) is 7.67. The summed E-state index contributed by atoms with van der Waals surface area (Å²) >= 11 is 0. The Balaban J connectivity index is 2.11. The Kier molecular flexibility index (Phi) is 4.06. The van der Waals surface area contributed by atoms with E-state index in [0.717, 1.165) is 19.3 Å². The lowest BCUT2D eigenvalue weighted by molar-refractivity contribution is 0.00147. The van der Waals surface area contributed by atoms with Gasteiger partial charge in [-0.1, -0.05) is 64.8 Å². The summed E-state index contributed by atoms with van der Waals surface area (Å²) in [6, 6.07) is 8.83. The van der Waals surface area contributed by atoms with E-state index in [-0.39, 0.29) is 5.41 Å². The van der Waals surface area contributed by atoms with E-state index < -0.39 is 5.60 Å². The molecular formula is C18H28O. The smallest absolute Gasteiger partial charge is 0.0715 e. The molecule has 19 heavy (non-hydrogen) atoms. The molecule has 0 heterocycles. The molecular weight excluding hydrogens is 232 g/mol. The first-order chi connectivity index (χ1) is 8.85. The minimum absolute atomic E-state index is 0.203. The highest BCUT2D eigenvalue weighted by Crippen LogP contribution is 2.40.